The highest BCUT2D eigenvalue weighted by Gasteiger charge is 2.08. The molecule has 0 amide bonds. The summed E-state index contributed by atoms with van der Waals surface area (Å²) >= 11 is 3.20. The lowest BCUT2D eigenvalue weighted by atomic mass is 10.2. The van der Waals surface area contributed by atoms with Gasteiger partial charge in [0.05, 0.1) is 4.92 Å². The first kappa shape index (κ1) is 11.6. The molecule has 1 aromatic rings. The highest BCUT2D eigenvalue weighted by Crippen LogP contribution is 2.18. The molecule has 6 heteroatoms. The molecule has 0 radical (unpaired) electrons. The molecule has 0 atom stereocenters. The molecule has 0 spiro atoms. The van der Waals surface area contributed by atoms with E-state index in [1.165, 1.54) is 12.3 Å². The Balaban J connectivity index is 2.83. The molecule has 0 bridgehead atoms. The van der Waals surface area contributed by atoms with Crippen molar-refractivity contribution in [2.75, 3.05) is 11.9 Å². The summed E-state index contributed by atoms with van der Waals surface area (Å²) in [5.41, 5.74) is 0.730. The fourth-order valence-corrected chi connectivity index (χ4v) is 1.16. The van der Waals surface area contributed by atoms with Crippen molar-refractivity contribution >= 4 is 27.4 Å². The fourth-order valence-electron chi connectivity index (χ4n) is 1.02. The van der Waals surface area contributed by atoms with Gasteiger partial charge in [0.1, 0.15) is 12.0 Å². The third-order valence-corrected chi connectivity index (χ3v) is 2.00. The highest BCUT2D eigenvalue weighted by atomic mass is 79.9. The van der Waals surface area contributed by atoms with E-state index in [4.69, 9.17) is 0 Å². The summed E-state index contributed by atoms with van der Waals surface area (Å²) in [6.07, 6.45) is 1.23. The van der Waals surface area contributed by atoms with E-state index in [0.29, 0.717) is 12.4 Å². The van der Waals surface area contributed by atoms with Gasteiger partial charge in [-0.1, -0.05) is 22.5 Å². The zero-order valence-corrected chi connectivity index (χ0v) is 9.74. The number of nitro groups is 1. The second kappa shape index (κ2) is 4.88. The summed E-state index contributed by atoms with van der Waals surface area (Å²) in [6, 6.07) is 1.48. The van der Waals surface area contributed by atoms with E-state index in [9.17, 15) is 10.1 Å². The van der Waals surface area contributed by atoms with Crippen LogP contribution < -0.4 is 5.32 Å². The molecule has 0 aliphatic heterocycles. The molecule has 0 unspecified atom stereocenters. The first-order valence-electron chi connectivity index (χ1n) is 4.19. The molecule has 1 N–H and O–H groups in total. The maximum Gasteiger partial charge on any atom is 0.287 e. The highest BCUT2D eigenvalue weighted by molar-refractivity contribution is 9.11. The summed E-state index contributed by atoms with van der Waals surface area (Å²) < 4.78 is 0.794. The lowest BCUT2D eigenvalue weighted by molar-refractivity contribution is -0.385. The Morgan fingerprint density at radius 3 is 2.93 bits per heavy atom. The van der Waals surface area contributed by atoms with Gasteiger partial charge in [-0.05, 0) is 12.5 Å². The number of rotatable bonds is 4. The number of aromatic nitrogens is 1. The van der Waals surface area contributed by atoms with Crippen LogP contribution in [-0.2, 0) is 0 Å². The van der Waals surface area contributed by atoms with Gasteiger partial charge in [-0.15, -0.1) is 0 Å². The van der Waals surface area contributed by atoms with Crippen LogP contribution in [0.4, 0.5) is 11.5 Å². The molecule has 5 nitrogen and oxygen atoms in total. The van der Waals surface area contributed by atoms with Crippen LogP contribution in [0.1, 0.15) is 5.56 Å². The van der Waals surface area contributed by atoms with Crippen LogP contribution in [0.5, 0.6) is 0 Å². The van der Waals surface area contributed by atoms with E-state index in [1.54, 1.807) is 6.92 Å². The normalized spacial score (nSPS) is 9.73. The average molecular weight is 272 g/mol. The molecule has 0 saturated heterocycles. The Bertz CT molecular complexity index is 406. The predicted molar refractivity (Wildman–Crippen MR) is 62.2 cm³/mol. The molecule has 0 aliphatic rings. The topological polar surface area (TPSA) is 68.1 Å². The van der Waals surface area contributed by atoms with Crippen LogP contribution in [-0.4, -0.2) is 16.5 Å². The van der Waals surface area contributed by atoms with Crippen LogP contribution in [0.2, 0.25) is 0 Å². The molecule has 0 aliphatic carbocycles. The van der Waals surface area contributed by atoms with Gasteiger partial charge in [-0.3, -0.25) is 10.1 Å². The van der Waals surface area contributed by atoms with Crippen molar-refractivity contribution < 1.29 is 4.92 Å². The molecular weight excluding hydrogens is 262 g/mol. The molecule has 0 aromatic carbocycles. The maximum absolute atomic E-state index is 10.5. The lowest BCUT2D eigenvalue weighted by Crippen LogP contribution is -2.04. The van der Waals surface area contributed by atoms with Gasteiger partial charge in [0.25, 0.3) is 5.69 Å². The van der Waals surface area contributed by atoms with Crippen LogP contribution in [0.25, 0.3) is 0 Å². The minimum absolute atomic E-state index is 0.00396. The maximum atomic E-state index is 10.5. The van der Waals surface area contributed by atoms with Gasteiger partial charge in [-0.25, -0.2) is 4.98 Å². The van der Waals surface area contributed by atoms with Crippen molar-refractivity contribution in [1.82, 2.24) is 4.98 Å². The molecule has 80 valence electrons. The smallest absolute Gasteiger partial charge is 0.287 e. The fraction of sp³-hybridized carbons (Fsp3) is 0.222. The zero-order chi connectivity index (χ0) is 11.4. The van der Waals surface area contributed by atoms with Crippen molar-refractivity contribution in [3.63, 3.8) is 0 Å². The second-order valence-electron chi connectivity index (χ2n) is 2.99. The van der Waals surface area contributed by atoms with Gasteiger partial charge in [0.2, 0.25) is 0 Å². The largest absolute Gasteiger partial charge is 0.365 e. The van der Waals surface area contributed by atoms with Gasteiger partial charge in [-0.2, -0.15) is 0 Å². The molecule has 1 aromatic heterocycles. The quantitative estimate of drug-likeness (QED) is 0.675. The molecule has 15 heavy (non-hydrogen) atoms. The Kier molecular flexibility index (Phi) is 3.79. The van der Waals surface area contributed by atoms with E-state index in [2.05, 4.69) is 32.8 Å². The van der Waals surface area contributed by atoms with Crippen LogP contribution >= 0.6 is 15.9 Å². The van der Waals surface area contributed by atoms with E-state index in [0.717, 1.165) is 10.0 Å². The molecule has 1 rings (SSSR count). The summed E-state index contributed by atoms with van der Waals surface area (Å²) in [6.45, 7) is 5.96. The molecule has 1 heterocycles. The lowest BCUT2D eigenvalue weighted by Gasteiger charge is -2.06. The third-order valence-electron chi connectivity index (χ3n) is 1.72. The Morgan fingerprint density at radius 1 is 1.80 bits per heavy atom. The number of anilines is 1. The molecule has 0 saturated carbocycles. The second-order valence-corrected chi connectivity index (χ2v) is 4.11. The van der Waals surface area contributed by atoms with Gasteiger partial charge >= 0.3 is 0 Å². The van der Waals surface area contributed by atoms with E-state index in [-0.39, 0.29) is 5.69 Å². The van der Waals surface area contributed by atoms with E-state index in [1.807, 2.05) is 0 Å². The van der Waals surface area contributed by atoms with Crippen molar-refractivity contribution in [2.24, 2.45) is 0 Å². The van der Waals surface area contributed by atoms with Crippen molar-refractivity contribution in [3.8, 4) is 0 Å². The number of hydrogen-bond acceptors (Lipinski definition) is 4. The van der Waals surface area contributed by atoms with Crippen molar-refractivity contribution in [1.29, 1.82) is 0 Å². The Hall–Kier alpha value is -1.43. The number of pyridine rings is 1. The van der Waals surface area contributed by atoms with Gasteiger partial charge < -0.3 is 5.32 Å². The van der Waals surface area contributed by atoms with Crippen molar-refractivity contribution in [3.05, 3.63) is 39.0 Å². The molecule has 0 fully saturated rings. The number of nitrogens with one attached hydrogen (secondary N) is 1. The van der Waals surface area contributed by atoms with Gasteiger partial charge in [0.15, 0.2) is 0 Å². The summed E-state index contributed by atoms with van der Waals surface area (Å²) in [5, 5.41) is 13.5. The average Bonchev–Trinajstić information content (AvgIpc) is 2.15. The van der Waals surface area contributed by atoms with Gasteiger partial charge in [0, 0.05) is 17.1 Å². The summed E-state index contributed by atoms with van der Waals surface area (Å²) in [4.78, 5) is 13.9. The first-order chi connectivity index (χ1) is 7.00. The Morgan fingerprint density at radius 2 is 2.47 bits per heavy atom. The third kappa shape index (κ3) is 3.32. The standard InChI is InChI=1S/C9H10BrN3O2/c1-6-3-8(13(14)15)5-12-9(6)11-4-7(2)10/h3,5H,2,4H2,1H3,(H,11,12). The monoisotopic (exact) mass is 271 g/mol. The molecular formula is C9H10BrN3O2. The minimum atomic E-state index is -0.465. The summed E-state index contributed by atoms with van der Waals surface area (Å²) in [5.74, 6) is 0.626. The number of nitrogens with zero attached hydrogens (tertiary/aromatic N) is 2. The van der Waals surface area contributed by atoms with Crippen LogP contribution in [0.15, 0.2) is 23.3 Å². The van der Waals surface area contributed by atoms with Crippen LogP contribution in [0.3, 0.4) is 0 Å². The number of halogens is 1. The van der Waals surface area contributed by atoms with Crippen LogP contribution in [0, 0.1) is 17.0 Å². The van der Waals surface area contributed by atoms with Crippen molar-refractivity contribution in [2.45, 2.75) is 6.92 Å². The number of hydrogen-bond donors (Lipinski definition) is 1. The minimum Gasteiger partial charge on any atom is -0.365 e. The SMILES string of the molecule is C=C(Br)CNc1ncc([N+](=O)[O-])cc1C. The first-order valence-corrected chi connectivity index (χ1v) is 4.98. The summed E-state index contributed by atoms with van der Waals surface area (Å²) in [7, 11) is 0. The predicted octanol–water partition coefficient (Wildman–Crippen LogP) is 2.62. The van der Waals surface area contributed by atoms with E-state index >= 15 is 0 Å². The zero-order valence-electron chi connectivity index (χ0n) is 8.16. The Labute approximate surface area is 95.5 Å². The van der Waals surface area contributed by atoms with E-state index < -0.39 is 4.92 Å². The number of aryl methyl sites for hydroxylation is 1.